The number of aromatic nitrogens is 1. The first-order chi connectivity index (χ1) is 10.0. The molecule has 1 aromatic carbocycles. The van der Waals surface area contributed by atoms with Crippen molar-refractivity contribution < 1.29 is 4.79 Å². The SMILES string of the molecule is CC(C)c1cc(C(=O)Nc2ccccc2C#N)cc(N)n1. The molecule has 2 rings (SSSR count). The number of nitriles is 1. The van der Waals surface area contributed by atoms with Gasteiger partial charge in [-0.15, -0.1) is 0 Å². The zero-order valence-electron chi connectivity index (χ0n) is 11.9. The van der Waals surface area contributed by atoms with Gasteiger partial charge in [0.05, 0.1) is 11.3 Å². The van der Waals surface area contributed by atoms with Crippen LogP contribution in [0.15, 0.2) is 36.4 Å². The van der Waals surface area contributed by atoms with Crippen molar-refractivity contribution in [2.24, 2.45) is 0 Å². The Morgan fingerprint density at radius 3 is 2.71 bits per heavy atom. The summed E-state index contributed by atoms with van der Waals surface area (Å²) in [4.78, 5) is 16.5. The summed E-state index contributed by atoms with van der Waals surface area (Å²) >= 11 is 0. The van der Waals surface area contributed by atoms with Crippen LogP contribution in [-0.2, 0) is 0 Å². The number of benzene rings is 1. The van der Waals surface area contributed by atoms with Crippen molar-refractivity contribution in [2.75, 3.05) is 11.1 Å². The van der Waals surface area contributed by atoms with Crippen LogP contribution in [0.3, 0.4) is 0 Å². The van der Waals surface area contributed by atoms with Crippen LogP contribution >= 0.6 is 0 Å². The number of amides is 1. The number of hydrogen-bond acceptors (Lipinski definition) is 4. The zero-order chi connectivity index (χ0) is 15.4. The summed E-state index contributed by atoms with van der Waals surface area (Å²) in [6.07, 6.45) is 0. The lowest BCUT2D eigenvalue weighted by atomic mass is 10.1. The van der Waals surface area contributed by atoms with Gasteiger partial charge in [-0.1, -0.05) is 26.0 Å². The highest BCUT2D eigenvalue weighted by atomic mass is 16.1. The average molecular weight is 280 g/mol. The second kappa shape index (κ2) is 6.06. The molecule has 0 bridgehead atoms. The fourth-order valence-corrected chi connectivity index (χ4v) is 1.88. The molecule has 5 nitrogen and oxygen atoms in total. The fourth-order valence-electron chi connectivity index (χ4n) is 1.88. The number of anilines is 2. The molecule has 21 heavy (non-hydrogen) atoms. The maximum Gasteiger partial charge on any atom is 0.255 e. The molecule has 0 fully saturated rings. The van der Waals surface area contributed by atoms with E-state index in [1.165, 1.54) is 6.07 Å². The van der Waals surface area contributed by atoms with Crippen LogP contribution in [-0.4, -0.2) is 10.9 Å². The van der Waals surface area contributed by atoms with Gasteiger partial charge in [-0.05, 0) is 30.2 Å². The van der Waals surface area contributed by atoms with Gasteiger partial charge in [-0.25, -0.2) is 4.98 Å². The maximum absolute atomic E-state index is 12.3. The Hall–Kier alpha value is -2.87. The molecule has 0 aliphatic rings. The molecule has 0 spiro atoms. The van der Waals surface area contributed by atoms with Gasteiger partial charge in [0.25, 0.3) is 5.91 Å². The molecule has 0 saturated carbocycles. The summed E-state index contributed by atoms with van der Waals surface area (Å²) < 4.78 is 0. The van der Waals surface area contributed by atoms with Gasteiger partial charge in [0.2, 0.25) is 0 Å². The minimum absolute atomic E-state index is 0.173. The van der Waals surface area contributed by atoms with E-state index in [-0.39, 0.29) is 11.8 Å². The lowest BCUT2D eigenvalue weighted by molar-refractivity contribution is 0.102. The van der Waals surface area contributed by atoms with Crippen molar-refractivity contribution in [3.8, 4) is 6.07 Å². The summed E-state index contributed by atoms with van der Waals surface area (Å²) in [6, 6.07) is 12.1. The van der Waals surface area contributed by atoms with E-state index < -0.39 is 0 Å². The van der Waals surface area contributed by atoms with E-state index >= 15 is 0 Å². The fraction of sp³-hybridized carbons (Fsp3) is 0.188. The highest BCUT2D eigenvalue weighted by Gasteiger charge is 2.12. The molecule has 2 aromatic rings. The first-order valence-electron chi connectivity index (χ1n) is 6.59. The number of carbonyl (C=O) groups is 1. The molecule has 1 aromatic heterocycles. The molecule has 0 atom stereocenters. The van der Waals surface area contributed by atoms with Crippen molar-refractivity contribution in [3.63, 3.8) is 0 Å². The van der Waals surface area contributed by atoms with Crippen molar-refractivity contribution in [3.05, 3.63) is 53.2 Å². The Bertz CT molecular complexity index is 716. The third-order valence-corrected chi connectivity index (χ3v) is 3.01. The predicted molar refractivity (Wildman–Crippen MR) is 81.8 cm³/mol. The van der Waals surface area contributed by atoms with Crippen LogP contribution in [0.5, 0.6) is 0 Å². The van der Waals surface area contributed by atoms with Crippen LogP contribution in [0.25, 0.3) is 0 Å². The summed E-state index contributed by atoms with van der Waals surface area (Å²) in [5.74, 6) is 0.167. The third kappa shape index (κ3) is 3.37. The molecule has 0 aliphatic heterocycles. The molecule has 1 heterocycles. The summed E-state index contributed by atoms with van der Waals surface area (Å²) in [6.45, 7) is 3.96. The van der Waals surface area contributed by atoms with Gasteiger partial charge in [-0.3, -0.25) is 4.79 Å². The highest BCUT2D eigenvalue weighted by Crippen LogP contribution is 2.19. The van der Waals surface area contributed by atoms with Crippen LogP contribution in [0.2, 0.25) is 0 Å². The smallest absolute Gasteiger partial charge is 0.255 e. The van der Waals surface area contributed by atoms with E-state index in [1.807, 2.05) is 19.9 Å². The van der Waals surface area contributed by atoms with Crippen molar-refractivity contribution in [2.45, 2.75) is 19.8 Å². The number of pyridine rings is 1. The lowest BCUT2D eigenvalue weighted by Crippen LogP contribution is -2.14. The minimum Gasteiger partial charge on any atom is -0.384 e. The van der Waals surface area contributed by atoms with Crippen molar-refractivity contribution >= 4 is 17.4 Å². The number of nitrogens with one attached hydrogen (secondary N) is 1. The summed E-state index contributed by atoms with van der Waals surface area (Å²) in [7, 11) is 0. The Kier molecular flexibility index (Phi) is 4.19. The second-order valence-corrected chi connectivity index (χ2v) is 4.97. The number of para-hydroxylation sites is 1. The Balaban J connectivity index is 2.31. The molecule has 1 amide bonds. The van der Waals surface area contributed by atoms with Gasteiger partial charge in [0, 0.05) is 11.3 Å². The topological polar surface area (TPSA) is 91.8 Å². The monoisotopic (exact) mass is 280 g/mol. The number of carbonyl (C=O) groups excluding carboxylic acids is 1. The normalized spacial score (nSPS) is 10.2. The van der Waals surface area contributed by atoms with E-state index in [1.54, 1.807) is 30.3 Å². The van der Waals surface area contributed by atoms with E-state index in [4.69, 9.17) is 11.0 Å². The summed E-state index contributed by atoms with van der Waals surface area (Å²) in [5.41, 5.74) is 7.82. The average Bonchev–Trinajstić information content (AvgIpc) is 2.47. The largest absolute Gasteiger partial charge is 0.384 e. The number of rotatable bonds is 3. The molecule has 0 radical (unpaired) electrons. The summed E-state index contributed by atoms with van der Waals surface area (Å²) in [5, 5.41) is 11.8. The maximum atomic E-state index is 12.3. The van der Waals surface area contributed by atoms with E-state index in [2.05, 4.69) is 10.3 Å². The standard InChI is InChI=1S/C16H16N4O/c1-10(2)14-7-12(8-15(18)19-14)16(21)20-13-6-4-3-5-11(13)9-17/h3-8,10H,1-2H3,(H2,18,19)(H,20,21). The molecule has 0 aliphatic carbocycles. The predicted octanol–water partition coefficient (Wildman–Crippen LogP) is 2.91. The van der Waals surface area contributed by atoms with Crippen LogP contribution < -0.4 is 11.1 Å². The van der Waals surface area contributed by atoms with E-state index in [0.29, 0.717) is 22.6 Å². The van der Waals surface area contributed by atoms with Crippen LogP contribution in [0.1, 0.15) is 41.4 Å². The highest BCUT2D eigenvalue weighted by molar-refractivity contribution is 6.05. The number of hydrogen-bond donors (Lipinski definition) is 2. The van der Waals surface area contributed by atoms with Crippen LogP contribution in [0, 0.1) is 11.3 Å². The number of nitrogen functional groups attached to an aromatic ring is 1. The van der Waals surface area contributed by atoms with E-state index in [0.717, 1.165) is 5.69 Å². The zero-order valence-corrected chi connectivity index (χ0v) is 11.9. The Morgan fingerprint density at radius 2 is 2.05 bits per heavy atom. The molecule has 106 valence electrons. The molecule has 0 saturated heterocycles. The minimum atomic E-state index is -0.311. The second-order valence-electron chi connectivity index (χ2n) is 4.97. The molecular formula is C16H16N4O. The third-order valence-electron chi connectivity index (χ3n) is 3.01. The molecule has 5 heteroatoms. The van der Waals surface area contributed by atoms with Gasteiger partial charge in [0.15, 0.2) is 0 Å². The van der Waals surface area contributed by atoms with Gasteiger partial charge in [0.1, 0.15) is 11.9 Å². The van der Waals surface area contributed by atoms with Crippen LogP contribution in [0.4, 0.5) is 11.5 Å². The molecule has 3 N–H and O–H groups in total. The van der Waals surface area contributed by atoms with E-state index in [9.17, 15) is 4.79 Å². The number of nitrogens with zero attached hydrogens (tertiary/aromatic N) is 2. The lowest BCUT2D eigenvalue weighted by Gasteiger charge is -2.10. The van der Waals surface area contributed by atoms with Gasteiger partial charge in [-0.2, -0.15) is 5.26 Å². The molecular weight excluding hydrogens is 264 g/mol. The van der Waals surface area contributed by atoms with Gasteiger partial charge >= 0.3 is 0 Å². The van der Waals surface area contributed by atoms with Gasteiger partial charge < -0.3 is 11.1 Å². The Labute approximate surface area is 123 Å². The number of nitrogens with two attached hydrogens (primary N) is 1. The first kappa shape index (κ1) is 14.5. The van der Waals surface area contributed by atoms with Crippen molar-refractivity contribution in [1.82, 2.24) is 4.98 Å². The van der Waals surface area contributed by atoms with Crippen molar-refractivity contribution in [1.29, 1.82) is 5.26 Å². The first-order valence-corrected chi connectivity index (χ1v) is 6.59. The molecule has 0 unspecified atom stereocenters. The quantitative estimate of drug-likeness (QED) is 0.904. The Morgan fingerprint density at radius 1 is 1.33 bits per heavy atom.